The number of hydrogen-bond acceptors (Lipinski definition) is 3. The number of hydrogen-bond donors (Lipinski definition) is 2. The Hall–Kier alpha value is -1.59. The van der Waals surface area contributed by atoms with Crippen LogP contribution in [0.2, 0.25) is 0 Å². The van der Waals surface area contributed by atoms with Crippen molar-refractivity contribution in [2.75, 3.05) is 40.8 Å². The van der Waals surface area contributed by atoms with Crippen LogP contribution in [0.1, 0.15) is 32.3 Å². The van der Waals surface area contributed by atoms with E-state index in [0.29, 0.717) is 6.04 Å². The summed E-state index contributed by atoms with van der Waals surface area (Å²) in [5.74, 6) is 0.913. The first kappa shape index (κ1) is 19.7. The quantitative estimate of drug-likeness (QED) is 0.612. The van der Waals surface area contributed by atoms with E-state index >= 15 is 0 Å². The first-order valence-corrected chi connectivity index (χ1v) is 9.31. The lowest BCUT2D eigenvalue weighted by atomic mass is 10.0. The van der Waals surface area contributed by atoms with Crippen molar-refractivity contribution in [3.05, 3.63) is 35.9 Å². The van der Waals surface area contributed by atoms with Gasteiger partial charge in [0.05, 0.1) is 0 Å². The molecule has 0 saturated carbocycles. The van der Waals surface area contributed by atoms with E-state index in [1.165, 1.54) is 5.56 Å². The highest BCUT2D eigenvalue weighted by molar-refractivity contribution is 5.80. The van der Waals surface area contributed by atoms with Gasteiger partial charge in [0.15, 0.2) is 5.96 Å². The molecule has 0 amide bonds. The van der Waals surface area contributed by atoms with Crippen molar-refractivity contribution in [2.24, 2.45) is 4.99 Å². The van der Waals surface area contributed by atoms with Crippen molar-refractivity contribution in [3.8, 4) is 0 Å². The topological polar surface area (TPSA) is 42.9 Å². The molecule has 0 aromatic heterocycles. The van der Waals surface area contributed by atoms with Crippen LogP contribution in [0.15, 0.2) is 35.3 Å². The lowest BCUT2D eigenvalue weighted by Gasteiger charge is -2.35. The van der Waals surface area contributed by atoms with Gasteiger partial charge in [-0.3, -0.25) is 9.89 Å². The summed E-state index contributed by atoms with van der Waals surface area (Å²) in [5, 5.41) is 7.07. The van der Waals surface area contributed by atoms with Crippen molar-refractivity contribution in [1.82, 2.24) is 20.4 Å². The average molecular weight is 346 g/mol. The average Bonchev–Trinajstić information content (AvgIpc) is 2.61. The van der Waals surface area contributed by atoms with E-state index in [0.717, 1.165) is 45.0 Å². The fraction of sp³-hybridized carbons (Fsp3) is 0.650. The van der Waals surface area contributed by atoms with Crippen molar-refractivity contribution < 1.29 is 0 Å². The maximum absolute atomic E-state index is 4.39. The first-order chi connectivity index (χ1) is 11.9. The number of rotatable bonds is 6. The third kappa shape index (κ3) is 6.33. The molecule has 0 spiro atoms. The lowest BCUT2D eigenvalue weighted by Crippen LogP contribution is -2.53. The molecule has 1 aliphatic heterocycles. The van der Waals surface area contributed by atoms with Crippen LogP contribution in [0.25, 0.3) is 0 Å². The van der Waals surface area contributed by atoms with E-state index in [-0.39, 0.29) is 5.54 Å². The number of nitrogens with zero attached hydrogens (tertiary/aromatic N) is 3. The monoisotopic (exact) mass is 345 g/mol. The predicted molar refractivity (Wildman–Crippen MR) is 107 cm³/mol. The maximum atomic E-state index is 4.39. The fourth-order valence-electron chi connectivity index (χ4n) is 2.92. The summed E-state index contributed by atoms with van der Waals surface area (Å²) in [6, 6.07) is 11.2. The van der Waals surface area contributed by atoms with Gasteiger partial charge in [-0.2, -0.15) is 0 Å². The van der Waals surface area contributed by atoms with E-state index in [1.807, 2.05) is 7.05 Å². The Morgan fingerprint density at radius 2 is 1.84 bits per heavy atom. The van der Waals surface area contributed by atoms with Crippen LogP contribution in [0, 0.1) is 0 Å². The third-order valence-corrected chi connectivity index (χ3v) is 5.30. The van der Waals surface area contributed by atoms with Gasteiger partial charge in [-0.1, -0.05) is 30.3 Å². The Morgan fingerprint density at radius 3 is 2.40 bits per heavy atom. The molecule has 1 aliphatic rings. The van der Waals surface area contributed by atoms with Gasteiger partial charge in [0.1, 0.15) is 0 Å². The zero-order chi connectivity index (χ0) is 18.3. The van der Waals surface area contributed by atoms with Crippen LogP contribution in [0.3, 0.4) is 0 Å². The predicted octanol–water partition coefficient (Wildman–Crippen LogP) is 2.16. The molecule has 1 fully saturated rings. The van der Waals surface area contributed by atoms with E-state index in [2.05, 4.69) is 83.7 Å². The van der Waals surface area contributed by atoms with Gasteiger partial charge in [-0.05, 0) is 46.3 Å². The molecule has 1 aromatic carbocycles. The van der Waals surface area contributed by atoms with Gasteiger partial charge in [0.25, 0.3) is 0 Å². The maximum Gasteiger partial charge on any atom is 0.191 e. The zero-order valence-electron chi connectivity index (χ0n) is 16.5. The molecule has 2 N–H and O–H groups in total. The second kappa shape index (κ2) is 9.20. The number of likely N-dealkylation sites (tertiary alicyclic amines) is 1. The Labute approximate surface area is 153 Å². The van der Waals surface area contributed by atoms with Crippen LogP contribution < -0.4 is 10.6 Å². The van der Waals surface area contributed by atoms with Gasteiger partial charge >= 0.3 is 0 Å². The summed E-state index contributed by atoms with van der Waals surface area (Å²) in [6.45, 7) is 8.65. The molecule has 5 nitrogen and oxygen atoms in total. The van der Waals surface area contributed by atoms with Crippen LogP contribution in [0.5, 0.6) is 0 Å². The van der Waals surface area contributed by atoms with Crippen LogP contribution in [-0.4, -0.2) is 68.1 Å². The van der Waals surface area contributed by atoms with E-state index < -0.39 is 0 Å². The minimum atomic E-state index is 0.0939. The molecule has 0 bridgehead atoms. The van der Waals surface area contributed by atoms with Crippen molar-refractivity contribution in [3.63, 3.8) is 0 Å². The molecule has 1 aromatic rings. The SMILES string of the molecule is CN=C(NCC(C)(C)N(C)C)NC1CCN(Cc2ccccc2)CC1. The summed E-state index contributed by atoms with van der Waals surface area (Å²) >= 11 is 0. The van der Waals surface area contributed by atoms with Gasteiger partial charge in [-0.15, -0.1) is 0 Å². The molecule has 140 valence electrons. The van der Waals surface area contributed by atoms with Crippen molar-refractivity contribution in [1.29, 1.82) is 0 Å². The first-order valence-electron chi connectivity index (χ1n) is 9.31. The second-order valence-corrected chi connectivity index (χ2v) is 7.81. The van der Waals surface area contributed by atoms with Gasteiger partial charge < -0.3 is 15.5 Å². The standard InChI is InChI=1S/C20H35N5/c1-20(2,24(4)5)16-22-19(21-3)23-18-11-13-25(14-12-18)15-17-9-7-6-8-10-17/h6-10,18H,11-16H2,1-5H3,(H2,21,22,23). The molecule has 0 atom stereocenters. The Bertz CT molecular complexity index is 530. The number of likely N-dealkylation sites (N-methyl/N-ethyl adjacent to an activating group) is 1. The van der Waals surface area contributed by atoms with Crippen molar-refractivity contribution in [2.45, 2.75) is 44.8 Å². The minimum absolute atomic E-state index is 0.0939. The highest BCUT2D eigenvalue weighted by Gasteiger charge is 2.23. The van der Waals surface area contributed by atoms with Gasteiger partial charge in [-0.25, -0.2) is 0 Å². The van der Waals surface area contributed by atoms with Gasteiger partial charge in [0, 0.05) is 44.8 Å². The summed E-state index contributed by atoms with van der Waals surface area (Å²) < 4.78 is 0. The normalized spacial score (nSPS) is 17.8. The Balaban J connectivity index is 1.74. The summed E-state index contributed by atoms with van der Waals surface area (Å²) in [5.41, 5.74) is 1.49. The van der Waals surface area contributed by atoms with Gasteiger partial charge in [0.2, 0.25) is 0 Å². The highest BCUT2D eigenvalue weighted by atomic mass is 15.2. The lowest BCUT2D eigenvalue weighted by molar-refractivity contribution is 0.192. The molecule has 2 rings (SSSR count). The molecular weight excluding hydrogens is 310 g/mol. The molecule has 0 radical (unpaired) electrons. The summed E-state index contributed by atoms with van der Waals surface area (Å²) in [7, 11) is 6.07. The van der Waals surface area contributed by atoms with E-state index in [9.17, 15) is 0 Å². The molecule has 1 heterocycles. The Kier molecular flexibility index (Phi) is 7.26. The summed E-state index contributed by atoms with van der Waals surface area (Å²) in [4.78, 5) is 9.17. The van der Waals surface area contributed by atoms with Crippen LogP contribution in [0.4, 0.5) is 0 Å². The highest BCUT2D eigenvalue weighted by Crippen LogP contribution is 2.14. The number of piperidine rings is 1. The number of nitrogens with one attached hydrogen (secondary N) is 2. The fourth-order valence-corrected chi connectivity index (χ4v) is 2.92. The van der Waals surface area contributed by atoms with Crippen LogP contribution >= 0.6 is 0 Å². The van der Waals surface area contributed by atoms with E-state index in [4.69, 9.17) is 0 Å². The zero-order valence-corrected chi connectivity index (χ0v) is 16.5. The Morgan fingerprint density at radius 1 is 1.20 bits per heavy atom. The molecular formula is C20H35N5. The van der Waals surface area contributed by atoms with E-state index in [1.54, 1.807) is 0 Å². The third-order valence-electron chi connectivity index (χ3n) is 5.30. The van der Waals surface area contributed by atoms with Crippen LogP contribution in [-0.2, 0) is 6.54 Å². The number of guanidine groups is 1. The number of aliphatic imine (C=N–C) groups is 1. The molecule has 0 unspecified atom stereocenters. The molecule has 1 saturated heterocycles. The largest absolute Gasteiger partial charge is 0.355 e. The minimum Gasteiger partial charge on any atom is -0.355 e. The molecule has 0 aliphatic carbocycles. The number of benzene rings is 1. The van der Waals surface area contributed by atoms with Crippen molar-refractivity contribution >= 4 is 5.96 Å². The second-order valence-electron chi connectivity index (χ2n) is 7.81. The smallest absolute Gasteiger partial charge is 0.191 e. The molecule has 25 heavy (non-hydrogen) atoms. The summed E-state index contributed by atoms with van der Waals surface area (Å²) in [6.07, 6.45) is 2.31. The molecule has 5 heteroatoms.